The fourth-order valence-electron chi connectivity index (χ4n) is 3.53. The molecule has 1 aliphatic heterocycles. The molecule has 2 aromatic rings. The van der Waals surface area contributed by atoms with Crippen molar-refractivity contribution in [2.45, 2.75) is 38.7 Å². The molecule has 0 radical (unpaired) electrons. The fourth-order valence-corrected chi connectivity index (χ4v) is 3.82. The third-order valence-electron chi connectivity index (χ3n) is 5.39. The van der Waals surface area contributed by atoms with Crippen LogP contribution in [0.3, 0.4) is 0 Å². The Labute approximate surface area is 157 Å². The van der Waals surface area contributed by atoms with Crippen LogP contribution in [-0.4, -0.2) is 30.8 Å². The number of fused-ring (bicyclic) bond motifs is 1. The quantitative estimate of drug-likeness (QED) is 0.827. The number of benzene rings is 1. The number of nitrogens with zero attached hydrogens (tertiary/aromatic N) is 1. The van der Waals surface area contributed by atoms with Crippen LogP contribution in [-0.2, 0) is 11.2 Å². The van der Waals surface area contributed by atoms with Gasteiger partial charge in [-0.1, -0.05) is 24.4 Å². The predicted molar refractivity (Wildman–Crippen MR) is 104 cm³/mol. The maximum atomic E-state index is 14.8. The van der Waals surface area contributed by atoms with Crippen molar-refractivity contribution in [3.63, 3.8) is 0 Å². The zero-order valence-corrected chi connectivity index (χ0v) is 16.0. The summed E-state index contributed by atoms with van der Waals surface area (Å²) in [4.78, 5) is 17.1. The molecule has 3 rings (SSSR count). The van der Waals surface area contributed by atoms with E-state index in [1.54, 1.807) is 7.11 Å². The van der Waals surface area contributed by atoms with E-state index < -0.39 is 11.4 Å². The number of pyridine rings is 1. The van der Waals surface area contributed by atoms with Gasteiger partial charge in [-0.05, 0) is 37.8 Å². The fraction of sp³-hybridized carbons (Fsp3) is 0.450. The lowest BCUT2D eigenvalue weighted by atomic mass is 9.92. The normalized spacial score (nSPS) is 16.7. The second kappa shape index (κ2) is 6.94. The van der Waals surface area contributed by atoms with Crippen molar-refractivity contribution >= 4 is 28.2 Å². The second-order valence-electron chi connectivity index (χ2n) is 6.90. The van der Waals surface area contributed by atoms with E-state index in [9.17, 15) is 9.18 Å². The molecule has 1 saturated heterocycles. The van der Waals surface area contributed by atoms with Gasteiger partial charge in [0.2, 0.25) is 0 Å². The number of rotatable bonds is 3. The highest BCUT2D eigenvalue weighted by molar-refractivity contribution is 6.32. The highest BCUT2D eigenvalue weighted by atomic mass is 35.5. The molecule has 2 heterocycles. The van der Waals surface area contributed by atoms with Crippen LogP contribution >= 0.6 is 11.6 Å². The van der Waals surface area contributed by atoms with Crippen molar-refractivity contribution in [2.75, 3.05) is 25.1 Å². The highest BCUT2D eigenvalue weighted by Gasteiger charge is 2.32. The van der Waals surface area contributed by atoms with Gasteiger partial charge in [-0.25, -0.2) is 4.39 Å². The summed E-state index contributed by atoms with van der Waals surface area (Å²) in [7, 11) is 1.70. The van der Waals surface area contributed by atoms with Gasteiger partial charge in [0.05, 0.1) is 21.8 Å². The number of aryl methyl sites for hydroxylation is 1. The molecule has 0 aliphatic carbocycles. The zero-order chi connectivity index (χ0) is 19.1. The summed E-state index contributed by atoms with van der Waals surface area (Å²) < 4.78 is 20.4. The average Bonchev–Trinajstić information content (AvgIpc) is 2.65. The van der Waals surface area contributed by atoms with Crippen LogP contribution in [0.4, 0.5) is 10.1 Å². The van der Waals surface area contributed by atoms with E-state index in [1.165, 1.54) is 0 Å². The second-order valence-corrected chi connectivity index (χ2v) is 7.28. The number of nitrogens with one attached hydrogen (secondary N) is 1. The maximum Gasteiger partial charge on any atom is 0.266 e. The van der Waals surface area contributed by atoms with Crippen LogP contribution in [0.5, 0.6) is 0 Å². The molecule has 0 bridgehead atoms. The van der Waals surface area contributed by atoms with Crippen LogP contribution in [0, 0.1) is 18.2 Å². The summed E-state index contributed by atoms with van der Waals surface area (Å²) >= 11 is 6.13. The van der Waals surface area contributed by atoms with Crippen LogP contribution in [0.1, 0.15) is 37.8 Å². The minimum atomic E-state index is -0.610. The first-order valence-electron chi connectivity index (χ1n) is 8.68. The molecule has 0 saturated carbocycles. The number of piperidine rings is 1. The minimum absolute atomic E-state index is 0.0423. The Balaban J connectivity index is 2.25. The monoisotopic (exact) mass is 376 g/mol. The van der Waals surface area contributed by atoms with Crippen LogP contribution in [0.15, 0.2) is 10.9 Å². The van der Waals surface area contributed by atoms with Crippen molar-refractivity contribution in [3.8, 4) is 12.3 Å². The van der Waals surface area contributed by atoms with Crippen molar-refractivity contribution < 1.29 is 9.13 Å². The Hall–Kier alpha value is -2.03. The predicted octanol–water partition coefficient (Wildman–Crippen LogP) is 3.87. The zero-order valence-electron chi connectivity index (χ0n) is 15.2. The number of aromatic amines is 1. The van der Waals surface area contributed by atoms with Crippen molar-refractivity contribution in [1.82, 2.24) is 4.98 Å². The molecule has 0 spiro atoms. The first-order chi connectivity index (χ1) is 12.3. The van der Waals surface area contributed by atoms with Crippen LogP contribution in [0.25, 0.3) is 10.9 Å². The molecule has 26 heavy (non-hydrogen) atoms. The SMILES string of the molecule is C#Cc1c(N2CCC(C)(OC)CC2)c2cc(CC)c(Cl)c(F)c2[nH]c1=O. The molecule has 0 atom stereocenters. The molecule has 1 fully saturated rings. The molecule has 1 N–H and O–H groups in total. The molecular weight excluding hydrogens is 355 g/mol. The number of ether oxygens (including phenoxy) is 1. The number of aromatic nitrogens is 1. The van der Waals surface area contributed by atoms with Gasteiger partial charge < -0.3 is 14.6 Å². The summed E-state index contributed by atoms with van der Waals surface area (Å²) in [5.41, 5.74) is 0.941. The first-order valence-corrected chi connectivity index (χ1v) is 9.06. The summed E-state index contributed by atoms with van der Waals surface area (Å²) in [6, 6.07) is 1.83. The molecule has 0 amide bonds. The third-order valence-corrected chi connectivity index (χ3v) is 5.80. The van der Waals surface area contributed by atoms with Gasteiger partial charge in [-0.3, -0.25) is 4.79 Å². The van der Waals surface area contributed by atoms with E-state index in [2.05, 4.69) is 22.7 Å². The van der Waals surface area contributed by atoms with E-state index >= 15 is 0 Å². The van der Waals surface area contributed by atoms with Crippen LogP contribution < -0.4 is 10.5 Å². The van der Waals surface area contributed by atoms with Crippen LogP contribution in [0.2, 0.25) is 5.02 Å². The number of anilines is 1. The van der Waals surface area contributed by atoms with Crippen molar-refractivity contribution in [1.29, 1.82) is 0 Å². The van der Waals surface area contributed by atoms with Crippen molar-refractivity contribution in [2.24, 2.45) is 0 Å². The summed E-state index contributed by atoms with van der Waals surface area (Å²) in [5.74, 6) is 1.88. The van der Waals surface area contributed by atoms with E-state index in [-0.39, 0.29) is 21.7 Å². The molecule has 1 aromatic heterocycles. The lowest BCUT2D eigenvalue weighted by molar-refractivity contribution is -0.0132. The molecule has 1 aliphatic rings. The Morgan fingerprint density at radius 1 is 1.46 bits per heavy atom. The van der Waals surface area contributed by atoms with E-state index in [0.717, 1.165) is 12.8 Å². The number of terminal acetylenes is 1. The maximum absolute atomic E-state index is 14.8. The molecule has 0 unspecified atom stereocenters. The lowest BCUT2D eigenvalue weighted by Crippen LogP contribution is -2.44. The van der Waals surface area contributed by atoms with Gasteiger partial charge in [0.1, 0.15) is 5.56 Å². The number of halogens is 2. The Kier molecular flexibility index (Phi) is 5.01. The van der Waals surface area contributed by atoms with E-state index in [4.69, 9.17) is 22.8 Å². The standard InChI is InChI=1S/C20H22ClFN2O2/c1-5-12-11-14-17(16(22)15(12)21)23-19(25)13(6-2)18(14)24-9-7-20(3,26-4)8-10-24/h2,11H,5,7-10H2,1,3-4H3,(H,23,25). The number of methoxy groups -OCH3 is 1. The smallest absolute Gasteiger partial charge is 0.266 e. The topological polar surface area (TPSA) is 45.3 Å². The highest BCUT2D eigenvalue weighted by Crippen LogP contribution is 2.37. The molecule has 6 heteroatoms. The van der Waals surface area contributed by atoms with E-state index in [0.29, 0.717) is 36.1 Å². The summed E-state index contributed by atoms with van der Waals surface area (Å²) in [6.45, 7) is 5.31. The Bertz CT molecular complexity index is 953. The molecule has 138 valence electrons. The molecular formula is C20H22ClFN2O2. The van der Waals surface area contributed by atoms with Gasteiger partial charge in [0.15, 0.2) is 5.82 Å². The van der Waals surface area contributed by atoms with Gasteiger partial charge in [0.25, 0.3) is 5.56 Å². The number of hydrogen-bond acceptors (Lipinski definition) is 3. The first kappa shape index (κ1) is 18.8. The minimum Gasteiger partial charge on any atom is -0.378 e. The largest absolute Gasteiger partial charge is 0.378 e. The molecule has 4 nitrogen and oxygen atoms in total. The summed E-state index contributed by atoms with van der Waals surface area (Å²) in [5, 5.41) is 0.637. The molecule has 1 aromatic carbocycles. The van der Waals surface area contributed by atoms with Gasteiger partial charge >= 0.3 is 0 Å². The van der Waals surface area contributed by atoms with Crippen molar-refractivity contribution in [3.05, 3.63) is 38.4 Å². The van der Waals surface area contributed by atoms with Gasteiger partial charge in [0, 0.05) is 25.6 Å². The Morgan fingerprint density at radius 2 is 2.12 bits per heavy atom. The summed E-state index contributed by atoms with van der Waals surface area (Å²) in [6.07, 6.45) is 7.79. The van der Waals surface area contributed by atoms with Gasteiger partial charge in [-0.2, -0.15) is 0 Å². The van der Waals surface area contributed by atoms with Gasteiger partial charge in [-0.15, -0.1) is 6.42 Å². The Morgan fingerprint density at radius 3 is 2.65 bits per heavy atom. The van der Waals surface area contributed by atoms with E-state index in [1.807, 2.05) is 13.0 Å². The number of hydrogen-bond donors (Lipinski definition) is 1. The average molecular weight is 377 g/mol. The third kappa shape index (κ3) is 2.98. The lowest BCUT2D eigenvalue weighted by Gasteiger charge is -2.40. The number of H-pyrrole nitrogens is 1.